The van der Waals surface area contributed by atoms with Crippen molar-refractivity contribution in [2.24, 2.45) is 0 Å². The van der Waals surface area contributed by atoms with Gasteiger partial charge in [0.25, 0.3) is 0 Å². The molecule has 0 radical (unpaired) electrons. The van der Waals surface area contributed by atoms with Crippen LogP contribution < -0.4 is 4.72 Å². The van der Waals surface area contributed by atoms with Gasteiger partial charge in [-0.2, -0.15) is 0 Å². The van der Waals surface area contributed by atoms with E-state index in [1.165, 1.54) is 0 Å². The molecular weight excluding hydrogens is 306 g/mol. The summed E-state index contributed by atoms with van der Waals surface area (Å²) in [5.41, 5.74) is 0. The second kappa shape index (κ2) is 9.29. The Labute approximate surface area is 122 Å². The SMILES string of the molecule is CCOC(=O)CCS(=O)(=O)N[C@@H](CCC(=O)OC)C(=O)O. The predicted molar refractivity (Wildman–Crippen MR) is 70.8 cm³/mol. The Hall–Kier alpha value is -1.68. The number of carboxylic acids is 1. The van der Waals surface area contributed by atoms with Crippen molar-refractivity contribution in [1.82, 2.24) is 4.72 Å². The molecule has 9 nitrogen and oxygen atoms in total. The van der Waals surface area contributed by atoms with Gasteiger partial charge in [-0.3, -0.25) is 14.4 Å². The van der Waals surface area contributed by atoms with Crippen molar-refractivity contribution in [3.05, 3.63) is 0 Å². The first-order valence-electron chi connectivity index (χ1n) is 6.17. The minimum atomic E-state index is -3.98. The molecule has 0 aromatic rings. The predicted octanol–water partition coefficient (Wildman–Crippen LogP) is -0.735. The summed E-state index contributed by atoms with van der Waals surface area (Å²) in [6.07, 6.45) is -0.874. The fourth-order valence-electron chi connectivity index (χ4n) is 1.32. The monoisotopic (exact) mass is 325 g/mol. The molecule has 0 saturated heterocycles. The Kier molecular flexibility index (Phi) is 8.55. The largest absolute Gasteiger partial charge is 0.480 e. The van der Waals surface area contributed by atoms with Gasteiger partial charge >= 0.3 is 17.9 Å². The summed E-state index contributed by atoms with van der Waals surface area (Å²) < 4.78 is 34.2. The summed E-state index contributed by atoms with van der Waals surface area (Å²) in [7, 11) is -2.84. The van der Waals surface area contributed by atoms with Gasteiger partial charge < -0.3 is 14.6 Å². The van der Waals surface area contributed by atoms with E-state index in [0.29, 0.717) is 0 Å². The van der Waals surface area contributed by atoms with Crippen LogP contribution in [0.4, 0.5) is 0 Å². The number of methoxy groups -OCH3 is 1. The van der Waals surface area contributed by atoms with Crippen LogP contribution in [-0.4, -0.2) is 56.9 Å². The molecule has 0 bridgehead atoms. The molecule has 0 unspecified atom stereocenters. The standard InChI is InChI=1S/C11H19NO8S/c1-3-20-10(14)6-7-21(17,18)12-8(11(15)16)4-5-9(13)19-2/h8,12H,3-7H2,1-2H3,(H,15,16)/t8-/m0/s1. The Balaban J connectivity index is 4.50. The van der Waals surface area contributed by atoms with Crippen molar-refractivity contribution in [1.29, 1.82) is 0 Å². The van der Waals surface area contributed by atoms with Crippen LogP contribution in [-0.2, 0) is 33.9 Å². The normalized spacial score (nSPS) is 12.5. The Morgan fingerprint density at radius 1 is 1.19 bits per heavy atom. The van der Waals surface area contributed by atoms with Crippen molar-refractivity contribution < 1.29 is 37.4 Å². The highest BCUT2D eigenvalue weighted by atomic mass is 32.2. The van der Waals surface area contributed by atoms with E-state index in [2.05, 4.69) is 9.47 Å². The number of hydrogen-bond donors (Lipinski definition) is 2. The van der Waals surface area contributed by atoms with Crippen LogP contribution in [0.2, 0.25) is 0 Å². The Morgan fingerprint density at radius 2 is 1.81 bits per heavy atom. The van der Waals surface area contributed by atoms with Crippen LogP contribution in [0.5, 0.6) is 0 Å². The first-order chi connectivity index (χ1) is 9.71. The van der Waals surface area contributed by atoms with Gasteiger partial charge in [0.1, 0.15) is 6.04 Å². The lowest BCUT2D eigenvalue weighted by molar-refractivity contribution is -0.143. The quantitative estimate of drug-likeness (QED) is 0.501. The average Bonchev–Trinajstić information content (AvgIpc) is 2.41. The first kappa shape index (κ1) is 19.3. The van der Waals surface area contributed by atoms with Gasteiger partial charge in [-0.25, -0.2) is 13.1 Å². The van der Waals surface area contributed by atoms with Crippen LogP contribution in [0.3, 0.4) is 0 Å². The summed E-state index contributed by atoms with van der Waals surface area (Å²) in [6.45, 7) is 1.71. The number of rotatable bonds is 10. The molecule has 0 saturated carbocycles. The second-order valence-corrected chi connectivity index (χ2v) is 5.87. The fourth-order valence-corrected chi connectivity index (χ4v) is 2.53. The van der Waals surface area contributed by atoms with Crippen molar-refractivity contribution in [3.63, 3.8) is 0 Å². The van der Waals surface area contributed by atoms with E-state index in [9.17, 15) is 22.8 Å². The van der Waals surface area contributed by atoms with E-state index in [4.69, 9.17) is 5.11 Å². The molecule has 0 aliphatic carbocycles. The molecule has 0 aromatic carbocycles. The van der Waals surface area contributed by atoms with Crippen LogP contribution in [0, 0.1) is 0 Å². The second-order valence-electron chi connectivity index (χ2n) is 4.00. The molecule has 21 heavy (non-hydrogen) atoms. The van der Waals surface area contributed by atoms with Gasteiger partial charge in [-0.1, -0.05) is 0 Å². The molecule has 0 fully saturated rings. The van der Waals surface area contributed by atoms with Gasteiger partial charge in [0, 0.05) is 6.42 Å². The lowest BCUT2D eigenvalue weighted by Gasteiger charge is -2.14. The zero-order chi connectivity index (χ0) is 16.5. The van der Waals surface area contributed by atoms with Gasteiger partial charge in [0.2, 0.25) is 10.0 Å². The minimum absolute atomic E-state index is 0.128. The maximum atomic E-state index is 11.7. The van der Waals surface area contributed by atoms with E-state index >= 15 is 0 Å². The third-order valence-corrected chi connectivity index (χ3v) is 3.75. The van der Waals surface area contributed by atoms with Gasteiger partial charge in [-0.15, -0.1) is 0 Å². The fraction of sp³-hybridized carbons (Fsp3) is 0.727. The molecule has 0 spiro atoms. The smallest absolute Gasteiger partial charge is 0.321 e. The molecule has 0 aromatic heterocycles. The highest BCUT2D eigenvalue weighted by Gasteiger charge is 2.25. The van der Waals surface area contributed by atoms with Crippen molar-refractivity contribution in [3.8, 4) is 0 Å². The molecule has 1 atom stereocenters. The highest BCUT2D eigenvalue weighted by molar-refractivity contribution is 7.89. The maximum Gasteiger partial charge on any atom is 0.321 e. The van der Waals surface area contributed by atoms with Gasteiger partial charge in [-0.05, 0) is 13.3 Å². The molecule has 0 amide bonds. The van der Waals surface area contributed by atoms with Gasteiger partial charge in [0.05, 0.1) is 25.9 Å². The van der Waals surface area contributed by atoms with Crippen molar-refractivity contribution in [2.75, 3.05) is 19.5 Å². The summed E-state index contributed by atoms with van der Waals surface area (Å²) in [5, 5.41) is 8.91. The number of hydrogen-bond acceptors (Lipinski definition) is 7. The van der Waals surface area contributed by atoms with E-state index in [0.717, 1.165) is 7.11 Å². The third kappa shape index (κ3) is 8.97. The lowest BCUT2D eigenvalue weighted by Crippen LogP contribution is -2.42. The van der Waals surface area contributed by atoms with E-state index < -0.39 is 39.7 Å². The van der Waals surface area contributed by atoms with Crippen LogP contribution in [0.25, 0.3) is 0 Å². The Morgan fingerprint density at radius 3 is 2.29 bits per heavy atom. The van der Waals surface area contributed by atoms with Crippen LogP contribution in [0.1, 0.15) is 26.2 Å². The number of carbonyl (C=O) groups is 3. The van der Waals surface area contributed by atoms with Gasteiger partial charge in [0.15, 0.2) is 0 Å². The number of nitrogens with one attached hydrogen (secondary N) is 1. The van der Waals surface area contributed by atoms with Crippen molar-refractivity contribution in [2.45, 2.75) is 32.2 Å². The number of carboxylic acid groups (broad SMARTS) is 1. The highest BCUT2D eigenvalue weighted by Crippen LogP contribution is 2.03. The number of aliphatic carboxylic acids is 1. The zero-order valence-electron chi connectivity index (χ0n) is 11.8. The molecule has 2 N–H and O–H groups in total. The van der Waals surface area contributed by atoms with Crippen LogP contribution >= 0.6 is 0 Å². The van der Waals surface area contributed by atoms with Crippen molar-refractivity contribution >= 4 is 27.9 Å². The van der Waals surface area contributed by atoms with E-state index in [-0.39, 0.29) is 25.9 Å². The molecule has 0 rings (SSSR count). The molecule has 10 heteroatoms. The minimum Gasteiger partial charge on any atom is -0.480 e. The average molecular weight is 325 g/mol. The zero-order valence-corrected chi connectivity index (χ0v) is 12.6. The number of ether oxygens (including phenoxy) is 2. The maximum absolute atomic E-state index is 11.7. The number of esters is 2. The molecular formula is C11H19NO8S. The number of sulfonamides is 1. The number of carbonyl (C=O) groups excluding carboxylic acids is 2. The lowest BCUT2D eigenvalue weighted by atomic mass is 10.2. The molecule has 0 aliphatic heterocycles. The molecule has 0 aliphatic rings. The Bertz CT molecular complexity index is 473. The summed E-state index contributed by atoms with van der Waals surface area (Å²) in [5.74, 6) is -3.34. The molecule has 122 valence electrons. The summed E-state index contributed by atoms with van der Waals surface area (Å²) in [6, 6.07) is -1.46. The summed E-state index contributed by atoms with van der Waals surface area (Å²) in [4.78, 5) is 33.0. The van der Waals surface area contributed by atoms with E-state index in [1.54, 1.807) is 6.92 Å². The molecule has 0 heterocycles. The summed E-state index contributed by atoms with van der Waals surface area (Å²) >= 11 is 0. The van der Waals surface area contributed by atoms with E-state index in [1.807, 2.05) is 4.72 Å². The first-order valence-corrected chi connectivity index (χ1v) is 7.82. The van der Waals surface area contributed by atoms with Crippen LogP contribution in [0.15, 0.2) is 0 Å². The third-order valence-electron chi connectivity index (χ3n) is 2.36. The topological polar surface area (TPSA) is 136 Å².